The van der Waals surface area contributed by atoms with Crippen LogP contribution in [0.25, 0.3) is 10.8 Å². The SMILES string of the molecule is c1ccc2c(c1)[C@H]1c3n(Cc4cccc5ccccc45)cc[n+]3[C@@H]2CC1(c1ccoc1)c1ccoc1. The van der Waals surface area contributed by atoms with Crippen LogP contribution in [0.2, 0.25) is 0 Å². The maximum atomic E-state index is 5.69. The fourth-order valence-electron chi connectivity index (χ4n) is 7.03. The standard InChI is InChI=1S/C32H25N2O2/c1-2-9-26-22(6-1)7-5-8-23(26)19-33-14-15-34-29-18-32(24-12-16-35-20-24,25-13-17-36-21-25)30(31(33)34)28-11-4-3-10-27(28)29/h1-17,20-21,29-30H,18-19H2/q+1/t29-,30+/m1/s1. The number of aromatic nitrogens is 2. The Balaban J connectivity index is 1.38. The predicted octanol–water partition coefficient (Wildman–Crippen LogP) is 6.59. The zero-order valence-electron chi connectivity index (χ0n) is 19.7. The molecule has 0 radical (unpaired) electrons. The molecule has 3 aliphatic rings. The van der Waals surface area contributed by atoms with Gasteiger partial charge >= 0.3 is 0 Å². The number of furan rings is 2. The van der Waals surface area contributed by atoms with Crippen molar-refractivity contribution in [2.75, 3.05) is 0 Å². The summed E-state index contributed by atoms with van der Waals surface area (Å²) in [4.78, 5) is 0. The number of fused-ring (bicyclic) bond motifs is 2. The second-order valence-electron chi connectivity index (χ2n) is 10.1. The van der Waals surface area contributed by atoms with Crippen molar-refractivity contribution in [3.05, 3.63) is 150 Å². The number of imidazole rings is 1. The van der Waals surface area contributed by atoms with Crippen molar-refractivity contribution in [3.63, 3.8) is 0 Å². The van der Waals surface area contributed by atoms with Gasteiger partial charge in [0.15, 0.2) is 0 Å². The summed E-state index contributed by atoms with van der Waals surface area (Å²) in [5, 5.41) is 2.59. The average molecular weight is 470 g/mol. The van der Waals surface area contributed by atoms with Gasteiger partial charge in [0.05, 0.1) is 25.1 Å². The number of rotatable bonds is 4. The molecule has 0 unspecified atom stereocenters. The largest absolute Gasteiger partial charge is 0.472 e. The van der Waals surface area contributed by atoms with E-state index in [2.05, 4.69) is 100 Å². The molecule has 6 aromatic rings. The lowest BCUT2D eigenvalue weighted by Gasteiger charge is -2.49. The highest BCUT2D eigenvalue weighted by Gasteiger charge is 2.60. The second-order valence-corrected chi connectivity index (χ2v) is 10.1. The molecule has 4 heteroatoms. The maximum Gasteiger partial charge on any atom is 0.266 e. The molecule has 0 saturated heterocycles. The Hall–Kier alpha value is -4.31. The molecule has 36 heavy (non-hydrogen) atoms. The van der Waals surface area contributed by atoms with Gasteiger partial charge in [0.25, 0.3) is 5.82 Å². The molecule has 4 nitrogen and oxygen atoms in total. The lowest BCUT2D eigenvalue weighted by Crippen LogP contribution is -2.59. The summed E-state index contributed by atoms with van der Waals surface area (Å²) < 4.78 is 16.3. The van der Waals surface area contributed by atoms with Gasteiger partial charge in [-0.3, -0.25) is 0 Å². The minimum atomic E-state index is -0.270. The van der Waals surface area contributed by atoms with Gasteiger partial charge in [0.2, 0.25) is 0 Å². The van der Waals surface area contributed by atoms with Gasteiger partial charge in [-0.2, -0.15) is 0 Å². The zero-order valence-corrected chi connectivity index (χ0v) is 19.7. The molecule has 2 aliphatic heterocycles. The molecule has 5 heterocycles. The van der Waals surface area contributed by atoms with E-state index in [1.165, 1.54) is 44.4 Å². The number of benzene rings is 3. The van der Waals surface area contributed by atoms with Crippen molar-refractivity contribution >= 4 is 10.8 Å². The van der Waals surface area contributed by atoms with Crippen LogP contribution in [-0.4, -0.2) is 4.57 Å². The Kier molecular flexibility index (Phi) is 4.07. The van der Waals surface area contributed by atoms with Gasteiger partial charge in [-0.05, 0) is 28.5 Å². The highest BCUT2D eigenvalue weighted by atomic mass is 16.3. The molecule has 0 N–H and O–H groups in total. The fourth-order valence-corrected chi connectivity index (χ4v) is 7.03. The van der Waals surface area contributed by atoms with Crippen molar-refractivity contribution in [1.29, 1.82) is 0 Å². The molecule has 2 bridgehead atoms. The Morgan fingerprint density at radius 3 is 2.31 bits per heavy atom. The lowest BCUT2D eigenvalue weighted by atomic mass is 9.55. The molecule has 0 fully saturated rings. The molecular formula is C32H25N2O2+. The summed E-state index contributed by atoms with van der Waals surface area (Å²) in [6.07, 6.45) is 13.0. The van der Waals surface area contributed by atoms with E-state index in [0.29, 0.717) is 0 Å². The Labute approximate surface area is 209 Å². The highest BCUT2D eigenvalue weighted by molar-refractivity contribution is 5.85. The van der Waals surface area contributed by atoms with E-state index in [0.717, 1.165) is 13.0 Å². The molecule has 3 aromatic carbocycles. The molecule has 174 valence electrons. The van der Waals surface area contributed by atoms with E-state index < -0.39 is 0 Å². The second kappa shape index (κ2) is 7.34. The summed E-state index contributed by atoms with van der Waals surface area (Å²) >= 11 is 0. The molecule has 0 saturated carbocycles. The van der Waals surface area contributed by atoms with E-state index in [1.54, 1.807) is 12.5 Å². The van der Waals surface area contributed by atoms with E-state index in [-0.39, 0.29) is 17.4 Å². The highest BCUT2D eigenvalue weighted by Crippen LogP contribution is 2.59. The van der Waals surface area contributed by atoms with E-state index in [4.69, 9.17) is 8.83 Å². The van der Waals surface area contributed by atoms with Crippen LogP contribution in [-0.2, 0) is 12.0 Å². The van der Waals surface area contributed by atoms with Crippen LogP contribution < -0.4 is 4.57 Å². The quantitative estimate of drug-likeness (QED) is 0.273. The van der Waals surface area contributed by atoms with Crippen LogP contribution in [0.3, 0.4) is 0 Å². The minimum absolute atomic E-state index is 0.124. The number of nitrogens with zero attached hydrogens (tertiary/aromatic N) is 2. The van der Waals surface area contributed by atoms with Crippen molar-refractivity contribution in [1.82, 2.24) is 4.57 Å². The van der Waals surface area contributed by atoms with Crippen LogP contribution >= 0.6 is 0 Å². The fraction of sp³-hybridized carbons (Fsp3) is 0.156. The smallest absolute Gasteiger partial charge is 0.266 e. The zero-order chi connectivity index (χ0) is 23.7. The molecule has 3 aromatic heterocycles. The monoisotopic (exact) mass is 469 g/mol. The lowest BCUT2D eigenvalue weighted by molar-refractivity contribution is -0.732. The van der Waals surface area contributed by atoms with E-state index in [9.17, 15) is 0 Å². The first kappa shape index (κ1) is 19.9. The maximum absolute atomic E-state index is 5.69. The average Bonchev–Trinajstić information content (AvgIpc) is 3.72. The summed E-state index contributed by atoms with van der Waals surface area (Å²) in [6, 6.07) is 28.8. The first-order chi connectivity index (χ1) is 17.8. The van der Waals surface area contributed by atoms with Gasteiger partial charge in [0, 0.05) is 34.1 Å². The third-order valence-corrected chi connectivity index (χ3v) is 8.53. The van der Waals surface area contributed by atoms with E-state index >= 15 is 0 Å². The first-order valence-electron chi connectivity index (χ1n) is 12.6. The van der Waals surface area contributed by atoms with E-state index in [1.807, 2.05) is 12.5 Å². The molecular weight excluding hydrogens is 444 g/mol. The van der Waals surface area contributed by atoms with Crippen LogP contribution in [0.1, 0.15) is 52.0 Å². The van der Waals surface area contributed by atoms with Crippen LogP contribution in [0.15, 0.2) is 125 Å². The van der Waals surface area contributed by atoms with Crippen LogP contribution in [0, 0.1) is 0 Å². The number of hydrogen-bond acceptors (Lipinski definition) is 2. The predicted molar refractivity (Wildman–Crippen MR) is 137 cm³/mol. The Morgan fingerprint density at radius 1 is 0.806 bits per heavy atom. The van der Waals surface area contributed by atoms with Gasteiger partial charge in [-0.1, -0.05) is 66.7 Å². The Bertz CT molecular complexity index is 1670. The number of hydrogen-bond donors (Lipinski definition) is 0. The molecule has 9 rings (SSSR count). The summed E-state index contributed by atoms with van der Waals surface area (Å²) in [5.41, 5.74) is 6.29. The van der Waals surface area contributed by atoms with Crippen molar-refractivity contribution < 1.29 is 13.4 Å². The Morgan fingerprint density at radius 2 is 1.53 bits per heavy atom. The van der Waals surface area contributed by atoms with Gasteiger partial charge in [0.1, 0.15) is 30.9 Å². The summed E-state index contributed by atoms with van der Waals surface area (Å²) in [5.74, 6) is 1.46. The van der Waals surface area contributed by atoms with Gasteiger partial charge in [-0.25, -0.2) is 9.13 Å². The van der Waals surface area contributed by atoms with Gasteiger partial charge in [-0.15, -0.1) is 0 Å². The minimum Gasteiger partial charge on any atom is -0.472 e. The van der Waals surface area contributed by atoms with Crippen LogP contribution in [0.5, 0.6) is 0 Å². The summed E-state index contributed by atoms with van der Waals surface area (Å²) in [7, 11) is 0. The first-order valence-corrected chi connectivity index (χ1v) is 12.6. The van der Waals surface area contributed by atoms with Crippen molar-refractivity contribution in [2.45, 2.75) is 30.3 Å². The van der Waals surface area contributed by atoms with Gasteiger partial charge < -0.3 is 8.83 Å². The third kappa shape index (κ3) is 2.56. The van der Waals surface area contributed by atoms with Crippen molar-refractivity contribution in [3.8, 4) is 0 Å². The van der Waals surface area contributed by atoms with Crippen LogP contribution in [0.4, 0.5) is 0 Å². The molecule has 1 aliphatic carbocycles. The molecule has 0 spiro atoms. The molecule has 0 amide bonds. The van der Waals surface area contributed by atoms with Crippen molar-refractivity contribution in [2.24, 2.45) is 0 Å². The molecule has 2 atom stereocenters. The normalized spacial score (nSPS) is 19.3. The topological polar surface area (TPSA) is 35.1 Å². The summed E-state index contributed by atoms with van der Waals surface area (Å²) in [6.45, 7) is 0.821. The third-order valence-electron chi connectivity index (χ3n) is 8.53.